The molecule has 0 aliphatic rings. The van der Waals surface area contributed by atoms with Gasteiger partial charge >= 0.3 is 0 Å². The van der Waals surface area contributed by atoms with E-state index in [2.05, 4.69) is 303 Å². The van der Waals surface area contributed by atoms with Crippen molar-refractivity contribution in [2.24, 2.45) is 0 Å². The fraction of sp³-hybridized carbons (Fsp3) is 0. The maximum Gasteiger partial charge on any atom is -0.00203 e. The Hall–Kier alpha value is -10.7. The average molecular weight is 1040 g/mol. The predicted molar refractivity (Wildman–Crippen MR) is 352 cm³/mol. The van der Waals surface area contributed by atoms with E-state index in [-0.39, 0.29) is 0 Å². The van der Waals surface area contributed by atoms with E-state index in [1.165, 1.54) is 175 Å². The fourth-order valence-corrected chi connectivity index (χ4v) is 13.7. The quantitative estimate of drug-likeness (QED) is 0.133. The Bertz CT molecular complexity index is 5070. The van der Waals surface area contributed by atoms with E-state index in [9.17, 15) is 0 Å². The van der Waals surface area contributed by atoms with Crippen LogP contribution in [0.25, 0.3) is 175 Å². The Morgan fingerprint density at radius 3 is 0.634 bits per heavy atom. The molecule has 0 bridgehead atoms. The molecule has 0 saturated carbocycles. The molecular formula is C82H50. The van der Waals surface area contributed by atoms with E-state index in [4.69, 9.17) is 0 Å². The molecule has 0 spiro atoms. The van der Waals surface area contributed by atoms with E-state index in [0.29, 0.717) is 0 Å². The molecule has 0 nitrogen and oxygen atoms in total. The highest BCUT2D eigenvalue weighted by Crippen LogP contribution is 2.46. The van der Waals surface area contributed by atoms with Crippen LogP contribution in [0.3, 0.4) is 0 Å². The molecule has 0 aromatic heterocycles. The maximum absolute atomic E-state index is 2.38. The van der Waals surface area contributed by atoms with Gasteiger partial charge in [0, 0.05) is 0 Å². The molecule has 0 aliphatic carbocycles. The summed E-state index contributed by atoms with van der Waals surface area (Å²) >= 11 is 0. The molecule has 0 radical (unpaired) electrons. The highest BCUT2D eigenvalue weighted by Gasteiger charge is 2.19. The zero-order valence-electron chi connectivity index (χ0n) is 44.9. The standard InChI is InChI=1S/C82H50/c1-3-12-57-44-65(26-24-51(57)10-1)63-18-8-22-69(49-63)73-38-30-55-32-40-75-71(36-28-53-34-42-77(73)81(55)79(53)75)67-20-6-16-61(47-67)59-14-5-15-60(46-59)62-17-7-21-68(48-62)72-37-29-54-35-43-78-74(39-31-56-33-41-76(72)80(54)82(56)78)70-23-9-19-64(50-70)66-27-25-52-11-2-4-13-58(52)45-66/h1-50H. The molecule has 82 heavy (non-hydrogen) atoms. The van der Waals surface area contributed by atoms with E-state index < -0.39 is 0 Å². The first kappa shape index (κ1) is 46.3. The highest BCUT2D eigenvalue weighted by atomic mass is 14.2. The smallest absolute Gasteiger partial charge is 0.00203 e. The lowest BCUT2D eigenvalue weighted by atomic mass is 9.86. The van der Waals surface area contributed by atoms with E-state index in [0.717, 1.165) is 0 Å². The van der Waals surface area contributed by atoms with Crippen molar-refractivity contribution in [2.75, 3.05) is 0 Å². The normalized spacial score (nSPS) is 11.9. The van der Waals surface area contributed by atoms with E-state index in [1.807, 2.05) is 0 Å². The lowest BCUT2D eigenvalue weighted by molar-refractivity contribution is 1.58. The van der Waals surface area contributed by atoms with Crippen LogP contribution in [0.1, 0.15) is 0 Å². The second-order valence-corrected chi connectivity index (χ2v) is 22.3. The minimum absolute atomic E-state index is 1.19. The molecule has 378 valence electrons. The van der Waals surface area contributed by atoms with Gasteiger partial charge in [-0.15, -0.1) is 0 Å². The SMILES string of the molecule is c1cc(-c2cccc(-c3ccc4ccc5c(-c6cccc(-c7ccc8ccccc8c7)c6)ccc6ccc3c4c65)c2)cc(-c2cccc(-c3ccc4ccc5c(-c6cccc(-c7ccc8ccccc8c7)c6)ccc6ccc3c4c65)c2)c1. The van der Waals surface area contributed by atoms with Crippen LogP contribution in [0.2, 0.25) is 0 Å². The third-order valence-electron chi connectivity index (χ3n) is 17.7. The summed E-state index contributed by atoms with van der Waals surface area (Å²) in [4.78, 5) is 0. The zero-order chi connectivity index (χ0) is 53.8. The van der Waals surface area contributed by atoms with Gasteiger partial charge in [-0.2, -0.15) is 0 Å². The van der Waals surface area contributed by atoms with Gasteiger partial charge in [0.05, 0.1) is 0 Å². The zero-order valence-corrected chi connectivity index (χ0v) is 44.9. The van der Waals surface area contributed by atoms with Crippen LogP contribution in [0.15, 0.2) is 303 Å². The largest absolute Gasteiger partial charge is 0.0616 e. The number of benzene rings is 17. The van der Waals surface area contributed by atoms with Crippen LogP contribution in [0, 0.1) is 0 Å². The van der Waals surface area contributed by atoms with Crippen LogP contribution in [-0.4, -0.2) is 0 Å². The van der Waals surface area contributed by atoms with Crippen molar-refractivity contribution >= 4 is 86.2 Å². The Balaban J connectivity index is 0.702. The van der Waals surface area contributed by atoms with E-state index in [1.54, 1.807) is 0 Å². The molecule has 17 aromatic rings. The summed E-state index contributed by atoms with van der Waals surface area (Å²) in [5.41, 5.74) is 19.5. The van der Waals surface area contributed by atoms with Gasteiger partial charge in [-0.3, -0.25) is 0 Å². The first-order valence-corrected chi connectivity index (χ1v) is 28.5. The topological polar surface area (TPSA) is 0 Å². The van der Waals surface area contributed by atoms with Crippen LogP contribution >= 0.6 is 0 Å². The molecule has 0 unspecified atom stereocenters. The summed E-state index contributed by atoms with van der Waals surface area (Å²) in [7, 11) is 0. The molecule has 17 rings (SSSR count). The predicted octanol–water partition coefficient (Wildman–Crippen LogP) is 23.1. The van der Waals surface area contributed by atoms with Gasteiger partial charge < -0.3 is 0 Å². The lowest BCUT2D eigenvalue weighted by Gasteiger charge is -2.17. The van der Waals surface area contributed by atoms with Gasteiger partial charge in [-0.25, -0.2) is 0 Å². The summed E-state index contributed by atoms with van der Waals surface area (Å²) in [6.45, 7) is 0. The third kappa shape index (κ3) is 7.53. The van der Waals surface area contributed by atoms with Gasteiger partial charge in [0.1, 0.15) is 0 Å². The van der Waals surface area contributed by atoms with Gasteiger partial charge in [-0.1, -0.05) is 261 Å². The molecule has 17 aromatic carbocycles. The van der Waals surface area contributed by atoms with Gasteiger partial charge in [0.25, 0.3) is 0 Å². The van der Waals surface area contributed by atoms with Crippen molar-refractivity contribution in [1.82, 2.24) is 0 Å². The summed E-state index contributed by atoms with van der Waals surface area (Å²) in [5, 5.41) is 20.5. The van der Waals surface area contributed by atoms with Crippen LogP contribution in [0.4, 0.5) is 0 Å². The Morgan fingerprint density at radius 2 is 0.341 bits per heavy atom. The number of hydrogen-bond acceptors (Lipinski definition) is 0. The first-order valence-electron chi connectivity index (χ1n) is 28.5. The van der Waals surface area contributed by atoms with Crippen molar-refractivity contribution in [3.63, 3.8) is 0 Å². The Morgan fingerprint density at radius 1 is 0.122 bits per heavy atom. The minimum atomic E-state index is 1.19. The second kappa shape index (κ2) is 18.5. The summed E-state index contributed by atoms with van der Waals surface area (Å²) < 4.78 is 0. The van der Waals surface area contributed by atoms with Crippen molar-refractivity contribution < 1.29 is 0 Å². The molecule has 0 N–H and O–H groups in total. The second-order valence-electron chi connectivity index (χ2n) is 22.3. The third-order valence-corrected chi connectivity index (χ3v) is 17.7. The lowest BCUT2D eigenvalue weighted by Crippen LogP contribution is -1.90. The van der Waals surface area contributed by atoms with Gasteiger partial charge in [0.15, 0.2) is 0 Å². The molecule has 0 saturated heterocycles. The highest BCUT2D eigenvalue weighted by molar-refractivity contribution is 6.29. The van der Waals surface area contributed by atoms with Gasteiger partial charge in [-0.05, 0) is 218 Å². The Labute approximate surface area is 475 Å². The van der Waals surface area contributed by atoms with Crippen LogP contribution in [-0.2, 0) is 0 Å². The Kier molecular flexibility index (Phi) is 10.4. The number of fused-ring (bicyclic) bond motifs is 2. The monoisotopic (exact) mass is 1030 g/mol. The molecule has 0 fully saturated rings. The number of rotatable bonds is 8. The van der Waals surface area contributed by atoms with Crippen molar-refractivity contribution in [3.05, 3.63) is 303 Å². The van der Waals surface area contributed by atoms with Crippen molar-refractivity contribution in [2.45, 2.75) is 0 Å². The number of hydrogen-bond donors (Lipinski definition) is 0. The fourth-order valence-electron chi connectivity index (χ4n) is 13.7. The van der Waals surface area contributed by atoms with Crippen molar-refractivity contribution in [3.8, 4) is 89.0 Å². The molecule has 0 heteroatoms. The first-order chi connectivity index (χ1) is 40.6. The molecule has 0 atom stereocenters. The maximum atomic E-state index is 2.38. The van der Waals surface area contributed by atoms with Gasteiger partial charge in [0.2, 0.25) is 0 Å². The van der Waals surface area contributed by atoms with Crippen LogP contribution in [0.5, 0.6) is 0 Å². The van der Waals surface area contributed by atoms with Crippen molar-refractivity contribution in [1.29, 1.82) is 0 Å². The summed E-state index contributed by atoms with van der Waals surface area (Å²) in [6, 6.07) is 113. The summed E-state index contributed by atoms with van der Waals surface area (Å²) in [5.74, 6) is 0. The molecule has 0 aliphatic heterocycles. The molecular weight excluding hydrogens is 985 g/mol. The molecule has 0 heterocycles. The minimum Gasteiger partial charge on any atom is -0.0616 e. The molecule has 0 amide bonds. The van der Waals surface area contributed by atoms with E-state index >= 15 is 0 Å². The summed E-state index contributed by atoms with van der Waals surface area (Å²) in [6.07, 6.45) is 0. The average Bonchev–Trinajstić information content (AvgIpc) is 3.74. The van der Waals surface area contributed by atoms with Crippen LogP contribution < -0.4 is 0 Å².